The minimum Gasteiger partial charge on any atom is -0.339 e. The molecule has 0 N–H and O–H groups in total. The van der Waals surface area contributed by atoms with Crippen LogP contribution in [0.1, 0.15) is 22.8 Å². The fourth-order valence-corrected chi connectivity index (χ4v) is 1.65. The molecule has 0 aliphatic rings. The highest BCUT2D eigenvalue weighted by Gasteiger charge is 2.05. The second-order valence-corrected chi connectivity index (χ2v) is 3.93. The predicted octanol–water partition coefficient (Wildman–Crippen LogP) is 2.23. The monoisotopic (exact) mass is 227 g/mol. The fourth-order valence-electron chi connectivity index (χ4n) is 1.65. The van der Waals surface area contributed by atoms with Crippen molar-refractivity contribution in [2.24, 2.45) is 0 Å². The topological polar surface area (TPSA) is 62.7 Å². The van der Waals surface area contributed by atoms with Crippen molar-refractivity contribution in [1.82, 2.24) is 10.1 Å². The first-order valence-corrected chi connectivity index (χ1v) is 5.52. The molecule has 1 aromatic heterocycles. The van der Waals surface area contributed by atoms with Crippen LogP contribution in [0.15, 0.2) is 28.8 Å². The summed E-state index contributed by atoms with van der Waals surface area (Å²) in [7, 11) is 0. The SMILES string of the molecule is Cc1cccc(CCc2nc(CC#N)no2)c1. The number of rotatable bonds is 4. The molecule has 0 fully saturated rings. The molecule has 0 saturated heterocycles. The summed E-state index contributed by atoms with van der Waals surface area (Å²) in [5.74, 6) is 1.06. The lowest BCUT2D eigenvalue weighted by atomic mass is 10.1. The highest BCUT2D eigenvalue weighted by atomic mass is 16.5. The van der Waals surface area contributed by atoms with Crippen LogP contribution in [-0.2, 0) is 19.3 Å². The summed E-state index contributed by atoms with van der Waals surface area (Å²) < 4.78 is 5.06. The summed E-state index contributed by atoms with van der Waals surface area (Å²) in [5.41, 5.74) is 2.50. The van der Waals surface area contributed by atoms with Crippen LogP contribution in [-0.4, -0.2) is 10.1 Å². The lowest BCUT2D eigenvalue weighted by molar-refractivity contribution is 0.374. The number of nitrogens with zero attached hydrogens (tertiary/aromatic N) is 3. The molecular formula is C13H13N3O. The molecular weight excluding hydrogens is 214 g/mol. The lowest BCUT2D eigenvalue weighted by Gasteiger charge is -1.99. The van der Waals surface area contributed by atoms with Gasteiger partial charge in [0.05, 0.1) is 12.5 Å². The molecule has 0 spiro atoms. The van der Waals surface area contributed by atoms with Crippen molar-refractivity contribution in [3.8, 4) is 6.07 Å². The van der Waals surface area contributed by atoms with Crippen LogP contribution in [0.4, 0.5) is 0 Å². The molecule has 0 unspecified atom stereocenters. The van der Waals surface area contributed by atoms with E-state index >= 15 is 0 Å². The summed E-state index contributed by atoms with van der Waals surface area (Å²) in [6.07, 6.45) is 1.78. The van der Waals surface area contributed by atoms with E-state index in [0.29, 0.717) is 18.1 Å². The Bertz CT molecular complexity index is 540. The van der Waals surface area contributed by atoms with E-state index in [2.05, 4.69) is 35.3 Å². The molecule has 0 aliphatic carbocycles. The average molecular weight is 227 g/mol. The second-order valence-electron chi connectivity index (χ2n) is 3.93. The summed E-state index contributed by atoms with van der Waals surface area (Å²) in [6, 6.07) is 10.3. The van der Waals surface area contributed by atoms with Crippen molar-refractivity contribution in [2.45, 2.75) is 26.2 Å². The average Bonchev–Trinajstić information content (AvgIpc) is 2.75. The first kappa shape index (κ1) is 11.3. The first-order chi connectivity index (χ1) is 8.28. The van der Waals surface area contributed by atoms with Gasteiger partial charge >= 0.3 is 0 Å². The van der Waals surface area contributed by atoms with Gasteiger partial charge in [0.2, 0.25) is 5.89 Å². The second kappa shape index (κ2) is 5.26. The van der Waals surface area contributed by atoms with E-state index in [1.807, 2.05) is 12.1 Å². The van der Waals surface area contributed by atoms with Gasteiger partial charge in [-0.1, -0.05) is 35.0 Å². The van der Waals surface area contributed by atoms with Crippen LogP contribution in [0.2, 0.25) is 0 Å². The molecule has 0 atom stereocenters. The predicted molar refractivity (Wildman–Crippen MR) is 62.2 cm³/mol. The van der Waals surface area contributed by atoms with Crippen LogP contribution >= 0.6 is 0 Å². The zero-order valence-corrected chi connectivity index (χ0v) is 9.68. The Labute approximate surface area is 99.9 Å². The van der Waals surface area contributed by atoms with Gasteiger partial charge in [-0.25, -0.2) is 0 Å². The molecule has 0 saturated carbocycles. The molecule has 0 radical (unpaired) electrons. The quantitative estimate of drug-likeness (QED) is 0.803. The summed E-state index contributed by atoms with van der Waals surface area (Å²) in [5, 5.41) is 12.2. The van der Waals surface area contributed by atoms with Crippen molar-refractivity contribution in [3.63, 3.8) is 0 Å². The minimum atomic E-state index is 0.202. The van der Waals surface area contributed by atoms with Crippen LogP contribution < -0.4 is 0 Å². The molecule has 17 heavy (non-hydrogen) atoms. The highest BCUT2D eigenvalue weighted by molar-refractivity contribution is 5.22. The van der Waals surface area contributed by atoms with Crippen molar-refractivity contribution in [1.29, 1.82) is 5.26 Å². The third kappa shape index (κ3) is 3.15. The van der Waals surface area contributed by atoms with Crippen LogP contribution in [0.5, 0.6) is 0 Å². The van der Waals surface area contributed by atoms with Crippen molar-refractivity contribution < 1.29 is 4.52 Å². The van der Waals surface area contributed by atoms with E-state index in [1.54, 1.807) is 0 Å². The van der Waals surface area contributed by atoms with Crippen LogP contribution in [0.3, 0.4) is 0 Å². The number of aromatic nitrogens is 2. The van der Waals surface area contributed by atoms with E-state index in [4.69, 9.17) is 9.78 Å². The molecule has 2 rings (SSSR count). The van der Waals surface area contributed by atoms with E-state index < -0.39 is 0 Å². The third-order valence-electron chi connectivity index (χ3n) is 2.46. The number of hydrogen-bond acceptors (Lipinski definition) is 4. The van der Waals surface area contributed by atoms with Crippen molar-refractivity contribution >= 4 is 0 Å². The normalized spacial score (nSPS) is 10.1. The smallest absolute Gasteiger partial charge is 0.227 e. The largest absolute Gasteiger partial charge is 0.339 e. The number of aryl methyl sites for hydroxylation is 3. The third-order valence-corrected chi connectivity index (χ3v) is 2.46. The molecule has 1 aromatic carbocycles. The fraction of sp³-hybridized carbons (Fsp3) is 0.308. The Kier molecular flexibility index (Phi) is 3.51. The van der Waals surface area contributed by atoms with Gasteiger partial charge in [0.25, 0.3) is 0 Å². The van der Waals surface area contributed by atoms with Gasteiger partial charge in [-0.2, -0.15) is 10.2 Å². The van der Waals surface area contributed by atoms with Gasteiger partial charge in [0.1, 0.15) is 0 Å². The first-order valence-electron chi connectivity index (χ1n) is 5.52. The van der Waals surface area contributed by atoms with Gasteiger partial charge in [-0.3, -0.25) is 0 Å². The van der Waals surface area contributed by atoms with E-state index in [0.717, 1.165) is 6.42 Å². The standard InChI is InChI=1S/C13H13N3O/c1-10-3-2-4-11(9-10)5-6-13-15-12(7-8-14)16-17-13/h2-4,9H,5-7H2,1H3. The van der Waals surface area contributed by atoms with Crippen molar-refractivity contribution in [2.75, 3.05) is 0 Å². The Morgan fingerprint density at radius 3 is 3.00 bits per heavy atom. The number of benzene rings is 1. The van der Waals surface area contributed by atoms with E-state index in [1.165, 1.54) is 11.1 Å². The Morgan fingerprint density at radius 1 is 1.35 bits per heavy atom. The molecule has 4 nitrogen and oxygen atoms in total. The molecule has 1 heterocycles. The maximum absolute atomic E-state index is 8.50. The number of nitriles is 1. The molecule has 2 aromatic rings. The van der Waals surface area contributed by atoms with Crippen molar-refractivity contribution in [3.05, 3.63) is 47.1 Å². The molecule has 0 aliphatic heterocycles. The van der Waals surface area contributed by atoms with Crippen LogP contribution in [0, 0.1) is 18.3 Å². The maximum Gasteiger partial charge on any atom is 0.227 e. The lowest BCUT2D eigenvalue weighted by Crippen LogP contribution is -1.92. The van der Waals surface area contributed by atoms with Gasteiger partial charge in [0.15, 0.2) is 5.82 Å². The molecule has 4 heteroatoms. The Hall–Kier alpha value is -2.15. The molecule has 0 bridgehead atoms. The van der Waals surface area contributed by atoms with Gasteiger partial charge in [-0.15, -0.1) is 0 Å². The molecule has 86 valence electrons. The van der Waals surface area contributed by atoms with Gasteiger partial charge < -0.3 is 4.52 Å². The summed E-state index contributed by atoms with van der Waals surface area (Å²) in [4.78, 5) is 4.14. The Balaban J connectivity index is 1.95. The Morgan fingerprint density at radius 2 is 2.24 bits per heavy atom. The summed E-state index contributed by atoms with van der Waals surface area (Å²) >= 11 is 0. The van der Waals surface area contributed by atoms with Gasteiger partial charge in [0, 0.05) is 6.42 Å². The zero-order chi connectivity index (χ0) is 12.1. The van der Waals surface area contributed by atoms with E-state index in [9.17, 15) is 0 Å². The zero-order valence-electron chi connectivity index (χ0n) is 9.68. The highest BCUT2D eigenvalue weighted by Crippen LogP contribution is 2.08. The number of hydrogen-bond donors (Lipinski definition) is 0. The minimum absolute atomic E-state index is 0.202. The van der Waals surface area contributed by atoms with Crippen LogP contribution in [0.25, 0.3) is 0 Å². The maximum atomic E-state index is 8.50. The van der Waals surface area contributed by atoms with E-state index in [-0.39, 0.29) is 6.42 Å². The molecule has 0 amide bonds. The van der Waals surface area contributed by atoms with Gasteiger partial charge in [-0.05, 0) is 18.9 Å². The summed E-state index contributed by atoms with van der Waals surface area (Å²) in [6.45, 7) is 2.07.